The van der Waals surface area contributed by atoms with Crippen molar-refractivity contribution >= 4 is 10.1 Å². The molecule has 2 bridgehead atoms. The first-order chi connectivity index (χ1) is 9.54. The third-order valence-corrected chi connectivity index (χ3v) is 5.13. The number of hydrogen-bond donors (Lipinski definition) is 0. The Morgan fingerprint density at radius 3 is 2.65 bits per heavy atom. The van der Waals surface area contributed by atoms with E-state index < -0.39 is 22.5 Å². The molecule has 3 aliphatic rings. The van der Waals surface area contributed by atoms with Gasteiger partial charge in [-0.3, -0.25) is 4.18 Å². The van der Waals surface area contributed by atoms with Crippen LogP contribution in [0.1, 0.15) is 5.56 Å². The van der Waals surface area contributed by atoms with E-state index in [-0.39, 0.29) is 23.2 Å². The van der Waals surface area contributed by atoms with E-state index >= 15 is 0 Å². The van der Waals surface area contributed by atoms with E-state index in [9.17, 15) is 8.42 Å². The molecule has 2 unspecified atom stereocenters. The fraction of sp³-hybridized carbons (Fsp3) is 0.538. The largest absolute Gasteiger partial charge is 0.364 e. The van der Waals surface area contributed by atoms with Gasteiger partial charge in [0, 0.05) is 0 Å². The van der Waals surface area contributed by atoms with E-state index in [1.807, 2.05) is 6.92 Å². The van der Waals surface area contributed by atoms with E-state index in [1.165, 1.54) is 12.1 Å². The fourth-order valence-corrected chi connectivity index (χ4v) is 3.72. The summed E-state index contributed by atoms with van der Waals surface area (Å²) in [5.41, 5.74) is 0.984. The number of epoxide rings is 1. The molecule has 1 aromatic rings. The van der Waals surface area contributed by atoms with Gasteiger partial charge in [-0.1, -0.05) is 17.7 Å². The van der Waals surface area contributed by atoms with E-state index in [0.717, 1.165) is 5.56 Å². The van der Waals surface area contributed by atoms with Crippen molar-refractivity contribution in [1.29, 1.82) is 0 Å². The Bertz CT molecular complexity index is 625. The molecular weight excluding hydrogens is 284 g/mol. The Balaban J connectivity index is 1.57. The Labute approximate surface area is 116 Å². The summed E-state index contributed by atoms with van der Waals surface area (Å²) in [4.78, 5) is 0.125. The van der Waals surface area contributed by atoms with Gasteiger partial charge in [0.1, 0.15) is 18.3 Å². The Hall–Kier alpha value is -0.990. The van der Waals surface area contributed by atoms with Crippen LogP contribution in [0.4, 0.5) is 0 Å². The van der Waals surface area contributed by atoms with Crippen molar-refractivity contribution in [2.75, 3.05) is 6.61 Å². The average molecular weight is 298 g/mol. The first-order valence-electron chi connectivity index (χ1n) is 6.47. The van der Waals surface area contributed by atoms with Crippen LogP contribution >= 0.6 is 0 Å². The lowest BCUT2D eigenvalue weighted by Crippen LogP contribution is -2.42. The maximum absolute atomic E-state index is 12.3. The topological polar surface area (TPSA) is 74.4 Å². The summed E-state index contributed by atoms with van der Waals surface area (Å²) in [6.45, 7) is 2.32. The Kier molecular flexibility index (Phi) is 2.71. The molecule has 1 aromatic carbocycles. The quantitative estimate of drug-likeness (QED) is 0.600. The third kappa shape index (κ3) is 1.97. The van der Waals surface area contributed by atoms with Crippen molar-refractivity contribution in [1.82, 2.24) is 0 Å². The predicted octanol–water partition coefficient (Wildman–Crippen LogP) is 0.591. The van der Waals surface area contributed by atoms with Crippen molar-refractivity contribution in [2.45, 2.75) is 42.5 Å². The lowest BCUT2D eigenvalue weighted by atomic mass is 10.1. The number of benzene rings is 1. The zero-order valence-corrected chi connectivity index (χ0v) is 11.6. The SMILES string of the molecule is Cc1ccc(S(=O)(=O)O[C@H]2C3OCC(O3)[C@@H]3O[C@@H]32)cc1. The van der Waals surface area contributed by atoms with Crippen LogP contribution in [-0.4, -0.2) is 45.7 Å². The molecule has 0 saturated carbocycles. The molecule has 3 heterocycles. The van der Waals surface area contributed by atoms with E-state index in [0.29, 0.717) is 6.61 Å². The van der Waals surface area contributed by atoms with Crippen LogP contribution in [0.5, 0.6) is 0 Å². The molecule has 0 aromatic heterocycles. The molecule has 0 amide bonds. The molecule has 3 fully saturated rings. The van der Waals surface area contributed by atoms with Crippen LogP contribution in [0.25, 0.3) is 0 Å². The number of ether oxygens (including phenoxy) is 3. The molecule has 108 valence electrons. The van der Waals surface area contributed by atoms with Gasteiger partial charge in [0.25, 0.3) is 10.1 Å². The van der Waals surface area contributed by atoms with Crippen molar-refractivity contribution in [3.8, 4) is 0 Å². The van der Waals surface area contributed by atoms with Gasteiger partial charge in [-0.15, -0.1) is 0 Å². The van der Waals surface area contributed by atoms with Crippen LogP contribution in [0, 0.1) is 6.92 Å². The van der Waals surface area contributed by atoms with E-state index in [1.54, 1.807) is 12.1 Å². The van der Waals surface area contributed by atoms with E-state index in [4.69, 9.17) is 18.4 Å². The predicted molar refractivity (Wildman–Crippen MR) is 66.5 cm³/mol. The Morgan fingerprint density at radius 2 is 1.90 bits per heavy atom. The maximum Gasteiger partial charge on any atom is 0.297 e. The summed E-state index contributed by atoms with van der Waals surface area (Å²) in [5, 5.41) is 0. The number of fused-ring (bicyclic) bond motifs is 4. The monoisotopic (exact) mass is 298 g/mol. The lowest BCUT2D eigenvalue weighted by molar-refractivity contribution is -0.133. The van der Waals surface area contributed by atoms with Crippen LogP contribution in [-0.2, 0) is 28.5 Å². The summed E-state index contributed by atoms with van der Waals surface area (Å²) < 4.78 is 46.2. The van der Waals surface area contributed by atoms with Crippen LogP contribution < -0.4 is 0 Å². The van der Waals surface area contributed by atoms with Gasteiger partial charge in [-0.2, -0.15) is 8.42 Å². The average Bonchev–Trinajstić information content (AvgIpc) is 3.09. The van der Waals surface area contributed by atoms with Crippen molar-refractivity contribution < 1.29 is 26.8 Å². The minimum Gasteiger partial charge on any atom is -0.364 e. The molecule has 4 rings (SSSR count). The molecule has 3 saturated heterocycles. The molecule has 5 atom stereocenters. The molecule has 0 spiro atoms. The van der Waals surface area contributed by atoms with Gasteiger partial charge in [0.05, 0.1) is 11.5 Å². The fourth-order valence-electron chi connectivity index (χ4n) is 2.65. The van der Waals surface area contributed by atoms with Gasteiger partial charge >= 0.3 is 0 Å². The van der Waals surface area contributed by atoms with Crippen molar-refractivity contribution in [3.63, 3.8) is 0 Å². The Morgan fingerprint density at radius 1 is 1.15 bits per heavy atom. The molecule has 0 aliphatic carbocycles. The molecule has 7 heteroatoms. The first-order valence-corrected chi connectivity index (χ1v) is 7.88. The summed E-state index contributed by atoms with van der Waals surface area (Å²) >= 11 is 0. The number of rotatable bonds is 3. The highest BCUT2D eigenvalue weighted by atomic mass is 32.2. The molecule has 6 nitrogen and oxygen atoms in total. The molecule has 0 N–H and O–H groups in total. The summed E-state index contributed by atoms with van der Waals surface area (Å²) in [6, 6.07) is 6.51. The summed E-state index contributed by atoms with van der Waals surface area (Å²) in [6.07, 6.45) is -1.84. The standard InChI is InChI=1S/C13H14O6S/c1-7-2-4-8(5-3-7)20(14,15)19-12-11-10(18-11)9-6-16-13(12)17-9/h2-5,9-13H,6H2,1H3/t9?,10-,11-,12+,13?/m0/s1. The van der Waals surface area contributed by atoms with Crippen LogP contribution in [0.3, 0.4) is 0 Å². The van der Waals surface area contributed by atoms with Crippen LogP contribution in [0.2, 0.25) is 0 Å². The zero-order valence-electron chi connectivity index (χ0n) is 10.8. The van der Waals surface area contributed by atoms with Gasteiger partial charge in [0.2, 0.25) is 0 Å². The summed E-state index contributed by atoms with van der Waals surface area (Å²) in [7, 11) is -3.85. The highest BCUT2D eigenvalue weighted by Gasteiger charge is 2.63. The lowest BCUT2D eigenvalue weighted by Gasteiger charge is -2.23. The molecule has 3 aliphatic heterocycles. The highest BCUT2D eigenvalue weighted by molar-refractivity contribution is 7.86. The van der Waals surface area contributed by atoms with E-state index in [2.05, 4.69) is 0 Å². The second kappa shape index (κ2) is 4.25. The van der Waals surface area contributed by atoms with Crippen LogP contribution in [0.15, 0.2) is 29.2 Å². The minimum absolute atomic E-state index is 0.0908. The number of hydrogen-bond acceptors (Lipinski definition) is 6. The second-order valence-corrected chi connectivity index (χ2v) is 6.84. The van der Waals surface area contributed by atoms with Gasteiger partial charge in [0.15, 0.2) is 12.4 Å². The van der Waals surface area contributed by atoms with Gasteiger partial charge in [-0.05, 0) is 19.1 Å². The molecule has 20 heavy (non-hydrogen) atoms. The van der Waals surface area contributed by atoms with Gasteiger partial charge in [-0.25, -0.2) is 0 Å². The van der Waals surface area contributed by atoms with Crippen molar-refractivity contribution in [3.05, 3.63) is 29.8 Å². The highest BCUT2D eigenvalue weighted by Crippen LogP contribution is 2.43. The maximum atomic E-state index is 12.3. The number of aryl methyl sites for hydroxylation is 1. The molecular formula is C13H14O6S. The third-order valence-electron chi connectivity index (χ3n) is 3.80. The first kappa shape index (κ1) is 12.7. The zero-order chi connectivity index (χ0) is 13.9. The smallest absolute Gasteiger partial charge is 0.297 e. The second-order valence-electron chi connectivity index (χ2n) is 5.27. The normalized spacial score (nSPS) is 38.5. The van der Waals surface area contributed by atoms with Gasteiger partial charge < -0.3 is 14.2 Å². The molecule has 0 radical (unpaired) electrons. The van der Waals surface area contributed by atoms with Crippen molar-refractivity contribution in [2.24, 2.45) is 0 Å². The minimum atomic E-state index is -3.85. The summed E-state index contributed by atoms with van der Waals surface area (Å²) in [5.74, 6) is 0.